The Balaban J connectivity index is 2.31. The summed E-state index contributed by atoms with van der Waals surface area (Å²) in [6, 6.07) is 0. The summed E-state index contributed by atoms with van der Waals surface area (Å²) >= 11 is 3.09. The summed E-state index contributed by atoms with van der Waals surface area (Å²) in [7, 11) is 0. The Labute approximate surface area is 87.5 Å². The van der Waals surface area contributed by atoms with Crippen LogP contribution in [0.1, 0.15) is 32.1 Å². The second-order valence-electron chi connectivity index (χ2n) is 3.23. The quantitative estimate of drug-likeness (QED) is 0.426. The summed E-state index contributed by atoms with van der Waals surface area (Å²) in [4.78, 5) is 11.0. The highest BCUT2D eigenvalue weighted by atomic mass is 79.9. The predicted octanol–water partition coefficient (Wildman–Crippen LogP) is 2.81. The van der Waals surface area contributed by atoms with Gasteiger partial charge in [-0.1, -0.05) is 28.1 Å². The summed E-state index contributed by atoms with van der Waals surface area (Å²) in [6.07, 6.45) is 9.75. The van der Waals surface area contributed by atoms with Gasteiger partial charge in [0.25, 0.3) is 0 Å². The first-order chi connectivity index (χ1) is 6.33. The molecule has 1 unspecified atom stereocenters. The second-order valence-corrected chi connectivity index (χ2v) is 3.79. The molecule has 1 aliphatic rings. The molecule has 0 aromatic carbocycles. The lowest BCUT2D eigenvalue weighted by Gasteiger charge is -2.17. The van der Waals surface area contributed by atoms with E-state index < -0.39 is 0 Å². The third kappa shape index (κ3) is 4.46. The van der Waals surface area contributed by atoms with Gasteiger partial charge in [0.05, 0.1) is 0 Å². The zero-order valence-corrected chi connectivity index (χ0v) is 9.26. The highest BCUT2D eigenvalue weighted by Gasteiger charge is 2.13. The van der Waals surface area contributed by atoms with E-state index in [1.807, 2.05) is 0 Å². The molecule has 0 aromatic rings. The molecule has 0 saturated carbocycles. The molecule has 0 radical (unpaired) electrons. The highest BCUT2D eigenvalue weighted by Crippen LogP contribution is 2.15. The minimum atomic E-state index is -0.144. The minimum Gasteiger partial charge on any atom is -0.462 e. The summed E-state index contributed by atoms with van der Waals surface area (Å²) in [5.74, 6) is -0.144. The van der Waals surface area contributed by atoms with E-state index in [2.05, 4.69) is 28.1 Å². The fraction of sp³-hybridized carbons (Fsp3) is 0.700. The van der Waals surface area contributed by atoms with Crippen molar-refractivity contribution < 1.29 is 9.53 Å². The van der Waals surface area contributed by atoms with Crippen molar-refractivity contribution in [1.29, 1.82) is 0 Å². The maximum Gasteiger partial charge on any atom is 0.316 e. The average molecular weight is 247 g/mol. The first-order valence-corrected chi connectivity index (χ1v) is 5.85. The van der Waals surface area contributed by atoms with Crippen LogP contribution < -0.4 is 0 Å². The topological polar surface area (TPSA) is 26.3 Å². The van der Waals surface area contributed by atoms with Crippen LogP contribution in [0.5, 0.6) is 0 Å². The summed E-state index contributed by atoms with van der Waals surface area (Å²) in [5, 5.41) is 0.305. The van der Waals surface area contributed by atoms with Crippen LogP contribution in [0.4, 0.5) is 0 Å². The first-order valence-electron chi connectivity index (χ1n) is 4.73. The Bertz CT molecular complexity index is 189. The van der Waals surface area contributed by atoms with Crippen LogP contribution in [0.25, 0.3) is 0 Å². The monoisotopic (exact) mass is 246 g/mol. The SMILES string of the molecule is O=C(CBr)OC1CCC=CCCC1. The highest BCUT2D eigenvalue weighted by molar-refractivity contribution is 9.09. The molecular formula is C10H15BrO2. The molecule has 0 spiro atoms. The minimum absolute atomic E-state index is 0.134. The Morgan fingerprint density at radius 3 is 2.92 bits per heavy atom. The van der Waals surface area contributed by atoms with Gasteiger partial charge in [0.15, 0.2) is 0 Å². The van der Waals surface area contributed by atoms with Gasteiger partial charge in [-0.25, -0.2) is 0 Å². The Morgan fingerprint density at radius 2 is 2.15 bits per heavy atom. The molecule has 2 nitrogen and oxygen atoms in total. The molecule has 0 heterocycles. The van der Waals surface area contributed by atoms with Crippen LogP contribution in [0.15, 0.2) is 12.2 Å². The van der Waals surface area contributed by atoms with E-state index in [4.69, 9.17) is 4.74 Å². The lowest BCUT2D eigenvalue weighted by atomic mass is 10.0. The third-order valence-electron chi connectivity index (χ3n) is 2.13. The van der Waals surface area contributed by atoms with Gasteiger partial charge < -0.3 is 4.74 Å². The van der Waals surface area contributed by atoms with Crippen molar-refractivity contribution in [2.45, 2.75) is 38.2 Å². The Hall–Kier alpha value is -0.310. The van der Waals surface area contributed by atoms with Crippen molar-refractivity contribution in [3.63, 3.8) is 0 Å². The van der Waals surface area contributed by atoms with E-state index in [9.17, 15) is 4.79 Å². The molecule has 0 aromatic heterocycles. The number of hydrogen-bond acceptors (Lipinski definition) is 2. The average Bonchev–Trinajstić information content (AvgIpc) is 2.09. The molecular weight excluding hydrogens is 232 g/mol. The van der Waals surface area contributed by atoms with Gasteiger partial charge in [-0.3, -0.25) is 4.79 Å². The predicted molar refractivity (Wildman–Crippen MR) is 55.9 cm³/mol. The van der Waals surface area contributed by atoms with Crippen molar-refractivity contribution in [1.82, 2.24) is 0 Å². The van der Waals surface area contributed by atoms with Crippen LogP contribution in [0.2, 0.25) is 0 Å². The molecule has 3 heteroatoms. The first kappa shape index (κ1) is 10.8. The van der Waals surface area contributed by atoms with Gasteiger partial charge in [-0.2, -0.15) is 0 Å². The van der Waals surface area contributed by atoms with Crippen molar-refractivity contribution >= 4 is 21.9 Å². The number of esters is 1. The number of carbonyl (C=O) groups excluding carboxylic acids is 1. The molecule has 0 amide bonds. The van der Waals surface area contributed by atoms with Gasteiger partial charge in [0, 0.05) is 0 Å². The smallest absolute Gasteiger partial charge is 0.316 e. The van der Waals surface area contributed by atoms with Crippen LogP contribution >= 0.6 is 15.9 Å². The number of allylic oxidation sites excluding steroid dienone is 2. The fourth-order valence-electron chi connectivity index (χ4n) is 1.46. The van der Waals surface area contributed by atoms with Gasteiger partial charge in [0.2, 0.25) is 0 Å². The van der Waals surface area contributed by atoms with E-state index in [1.54, 1.807) is 0 Å². The maximum absolute atomic E-state index is 11.0. The van der Waals surface area contributed by atoms with Crippen LogP contribution in [0.3, 0.4) is 0 Å². The van der Waals surface area contributed by atoms with Gasteiger partial charge in [0.1, 0.15) is 11.4 Å². The lowest BCUT2D eigenvalue weighted by molar-refractivity contribution is -0.146. The largest absolute Gasteiger partial charge is 0.462 e. The summed E-state index contributed by atoms with van der Waals surface area (Å²) in [6.45, 7) is 0. The normalized spacial score (nSPS) is 23.3. The van der Waals surface area contributed by atoms with Crippen LogP contribution in [-0.4, -0.2) is 17.4 Å². The molecule has 1 rings (SSSR count). The summed E-state index contributed by atoms with van der Waals surface area (Å²) < 4.78 is 5.26. The van der Waals surface area contributed by atoms with Crippen LogP contribution in [0, 0.1) is 0 Å². The van der Waals surface area contributed by atoms with Gasteiger partial charge in [-0.15, -0.1) is 0 Å². The van der Waals surface area contributed by atoms with Gasteiger partial charge in [-0.05, 0) is 32.1 Å². The van der Waals surface area contributed by atoms with Crippen LogP contribution in [-0.2, 0) is 9.53 Å². The van der Waals surface area contributed by atoms with E-state index in [1.165, 1.54) is 0 Å². The molecule has 0 saturated heterocycles. The van der Waals surface area contributed by atoms with E-state index in [-0.39, 0.29) is 12.1 Å². The number of ether oxygens (including phenoxy) is 1. The van der Waals surface area contributed by atoms with E-state index in [0.29, 0.717) is 5.33 Å². The number of carbonyl (C=O) groups is 1. The van der Waals surface area contributed by atoms with E-state index >= 15 is 0 Å². The van der Waals surface area contributed by atoms with Gasteiger partial charge >= 0.3 is 5.97 Å². The second kappa shape index (κ2) is 6.19. The van der Waals surface area contributed by atoms with Crippen molar-refractivity contribution in [2.75, 3.05) is 5.33 Å². The number of halogens is 1. The number of rotatable bonds is 2. The fourth-order valence-corrected chi connectivity index (χ4v) is 1.59. The van der Waals surface area contributed by atoms with Crippen molar-refractivity contribution in [2.24, 2.45) is 0 Å². The third-order valence-corrected chi connectivity index (χ3v) is 2.58. The van der Waals surface area contributed by atoms with Crippen molar-refractivity contribution in [3.8, 4) is 0 Å². The van der Waals surface area contributed by atoms with E-state index in [0.717, 1.165) is 32.1 Å². The van der Waals surface area contributed by atoms with Crippen molar-refractivity contribution in [3.05, 3.63) is 12.2 Å². The number of hydrogen-bond donors (Lipinski definition) is 0. The standard InChI is InChI=1S/C10H15BrO2/c11-8-10(12)13-9-6-4-2-1-3-5-7-9/h1-2,9H,3-8H2. The molecule has 0 bridgehead atoms. The molecule has 1 atom stereocenters. The maximum atomic E-state index is 11.0. The molecule has 1 aliphatic carbocycles. The zero-order valence-electron chi connectivity index (χ0n) is 7.67. The Kier molecular flexibility index (Phi) is 5.13. The molecule has 0 aliphatic heterocycles. The number of alkyl halides is 1. The molecule has 0 N–H and O–H groups in total. The molecule has 74 valence electrons. The zero-order chi connectivity index (χ0) is 9.52. The summed E-state index contributed by atoms with van der Waals surface area (Å²) in [5.41, 5.74) is 0. The molecule has 0 fully saturated rings. The lowest BCUT2D eigenvalue weighted by Crippen LogP contribution is -2.19. The Morgan fingerprint density at radius 1 is 1.38 bits per heavy atom. The molecule has 13 heavy (non-hydrogen) atoms.